The number of hydrogen-bond donors (Lipinski definition) is 2. The highest BCUT2D eigenvalue weighted by Gasteiger charge is 2.23. The molecule has 1 rings (SSSR count). The summed E-state index contributed by atoms with van der Waals surface area (Å²) in [6.07, 6.45) is 0.0282. The number of benzene rings is 1. The van der Waals surface area contributed by atoms with Crippen molar-refractivity contribution in [3.8, 4) is 0 Å². The lowest BCUT2D eigenvalue weighted by Gasteiger charge is -2.26. The number of ether oxygens (including phenoxy) is 1. The molecule has 0 saturated carbocycles. The minimum absolute atomic E-state index is 0.115. The molecule has 0 heterocycles. The summed E-state index contributed by atoms with van der Waals surface area (Å²) in [5.74, 6) is 0. The first-order chi connectivity index (χ1) is 8.80. The van der Waals surface area contributed by atoms with Gasteiger partial charge in [0, 0.05) is 9.85 Å². The maximum atomic E-state index is 9.29. The van der Waals surface area contributed by atoms with Crippen LogP contribution in [0.2, 0.25) is 0 Å². The molecular weight excluding hydrogens is 214 g/mol. The van der Waals surface area contributed by atoms with Gasteiger partial charge in [-0.3, -0.25) is 0 Å². The fraction of sp³-hybridized carbons (Fsp3) is 0.571. The van der Waals surface area contributed by atoms with Crippen molar-refractivity contribution < 1.29 is 12.6 Å². The summed E-state index contributed by atoms with van der Waals surface area (Å²) in [7, 11) is 1.56. The SMILES string of the molecule is [2H]C([2H])(C)c1ccc(CCC(N)(CO)COC)cc1. The Morgan fingerprint density at radius 2 is 1.94 bits per heavy atom. The third kappa shape index (κ3) is 4.46. The third-order valence-electron chi connectivity index (χ3n) is 2.90. The van der Waals surface area contributed by atoms with E-state index in [1.807, 2.05) is 12.1 Å². The molecule has 1 aromatic rings. The number of aliphatic hydroxyl groups excluding tert-OH is 1. The van der Waals surface area contributed by atoms with Crippen molar-refractivity contribution in [1.82, 2.24) is 0 Å². The monoisotopic (exact) mass is 239 g/mol. The number of rotatable bonds is 7. The Kier molecular flexibility index (Phi) is 4.44. The highest BCUT2D eigenvalue weighted by atomic mass is 16.5. The zero-order chi connectivity index (χ0) is 14.5. The molecule has 1 atom stereocenters. The van der Waals surface area contributed by atoms with Crippen molar-refractivity contribution in [2.45, 2.75) is 31.7 Å². The van der Waals surface area contributed by atoms with Gasteiger partial charge in [-0.15, -0.1) is 0 Å². The molecule has 1 unspecified atom stereocenters. The summed E-state index contributed by atoms with van der Waals surface area (Å²) < 4.78 is 20.3. The van der Waals surface area contributed by atoms with Crippen LogP contribution in [-0.4, -0.2) is 31.0 Å². The van der Waals surface area contributed by atoms with E-state index in [9.17, 15) is 5.11 Å². The second kappa shape index (κ2) is 6.74. The highest BCUT2D eigenvalue weighted by Crippen LogP contribution is 2.13. The summed E-state index contributed by atoms with van der Waals surface area (Å²) in [6.45, 7) is 1.74. The van der Waals surface area contributed by atoms with Crippen molar-refractivity contribution in [2.75, 3.05) is 20.3 Å². The number of aliphatic hydroxyl groups is 1. The summed E-state index contributed by atoms with van der Waals surface area (Å²) in [5, 5.41) is 9.29. The fourth-order valence-corrected chi connectivity index (χ4v) is 1.72. The number of methoxy groups -OCH3 is 1. The third-order valence-corrected chi connectivity index (χ3v) is 2.90. The average molecular weight is 239 g/mol. The minimum atomic E-state index is -1.32. The van der Waals surface area contributed by atoms with Crippen LogP contribution in [0, 0.1) is 0 Å². The Morgan fingerprint density at radius 3 is 2.41 bits per heavy atom. The molecule has 3 nitrogen and oxygen atoms in total. The van der Waals surface area contributed by atoms with E-state index in [2.05, 4.69) is 0 Å². The Morgan fingerprint density at radius 1 is 1.35 bits per heavy atom. The van der Waals surface area contributed by atoms with Crippen LogP contribution in [0.25, 0.3) is 0 Å². The molecule has 96 valence electrons. The van der Waals surface area contributed by atoms with Gasteiger partial charge in [0.15, 0.2) is 0 Å². The molecule has 0 saturated heterocycles. The second-order valence-corrected chi connectivity index (χ2v) is 4.40. The van der Waals surface area contributed by atoms with Crippen LogP contribution in [0.4, 0.5) is 0 Å². The van der Waals surface area contributed by atoms with Gasteiger partial charge in [-0.05, 0) is 30.3 Å². The molecule has 0 fully saturated rings. The van der Waals surface area contributed by atoms with Crippen LogP contribution in [0.3, 0.4) is 0 Å². The number of nitrogens with two attached hydrogens (primary N) is 1. The van der Waals surface area contributed by atoms with Gasteiger partial charge in [-0.1, -0.05) is 31.2 Å². The van der Waals surface area contributed by atoms with Crippen LogP contribution in [0.1, 0.15) is 27.2 Å². The van der Waals surface area contributed by atoms with Gasteiger partial charge >= 0.3 is 0 Å². The molecule has 0 aliphatic heterocycles. The van der Waals surface area contributed by atoms with Crippen LogP contribution < -0.4 is 5.73 Å². The average Bonchev–Trinajstić information content (AvgIpc) is 2.36. The Labute approximate surface area is 106 Å². The summed E-state index contributed by atoms with van der Waals surface area (Å²) in [6, 6.07) is 7.40. The zero-order valence-electron chi connectivity index (χ0n) is 12.6. The molecule has 0 spiro atoms. The van der Waals surface area contributed by atoms with E-state index in [1.54, 1.807) is 19.2 Å². The van der Waals surface area contributed by atoms with Crippen LogP contribution in [0.5, 0.6) is 0 Å². The number of aryl methyl sites for hydroxylation is 2. The van der Waals surface area contributed by atoms with Gasteiger partial charge in [0.2, 0.25) is 0 Å². The fourth-order valence-electron chi connectivity index (χ4n) is 1.72. The van der Waals surface area contributed by atoms with Crippen LogP contribution >= 0.6 is 0 Å². The van der Waals surface area contributed by atoms with Gasteiger partial charge < -0.3 is 15.6 Å². The highest BCUT2D eigenvalue weighted by molar-refractivity contribution is 5.22. The molecule has 0 bridgehead atoms. The minimum Gasteiger partial charge on any atom is -0.394 e. The van der Waals surface area contributed by atoms with E-state index >= 15 is 0 Å². The van der Waals surface area contributed by atoms with Crippen LogP contribution in [-0.2, 0) is 17.5 Å². The van der Waals surface area contributed by atoms with Gasteiger partial charge in [-0.25, -0.2) is 0 Å². The maximum absolute atomic E-state index is 9.29. The molecular formula is C14H23NO2. The molecule has 0 aliphatic rings. The van der Waals surface area contributed by atoms with Crippen molar-refractivity contribution in [1.29, 1.82) is 0 Å². The largest absolute Gasteiger partial charge is 0.394 e. The molecule has 0 aliphatic carbocycles. The summed E-state index contributed by atoms with van der Waals surface area (Å²) in [5.41, 5.74) is 7.04. The van der Waals surface area contributed by atoms with E-state index in [0.29, 0.717) is 18.6 Å². The van der Waals surface area contributed by atoms with E-state index in [4.69, 9.17) is 13.2 Å². The second-order valence-electron chi connectivity index (χ2n) is 4.40. The van der Waals surface area contributed by atoms with E-state index < -0.39 is 11.9 Å². The van der Waals surface area contributed by atoms with Crippen molar-refractivity contribution in [2.24, 2.45) is 5.73 Å². The normalized spacial score (nSPS) is 17.2. The van der Waals surface area contributed by atoms with Crippen molar-refractivity contribution in [3.05, 3.63) is 35.4 Å². The van der Waals surface area contributed by atoms with E-state index in [1.165, 1.54) is 6.92 Å². The molecule has 0 radical (unpaired) electrons. The Balaban J connectivity index is 2.64. The standard InChI is InChI=1S/C14H23NO2/c1-3-12-4-6-13(7-5-12)8-9-14(15,10-16)11-17-2/h4-7,16H,3,8-11,15H2,1-2H3/i3D2. The van der Waals surface area contributed by atoms with Gasteiger partial charge in [0.25, 0.3) is 0 Å². The molecule has 0 amide bonds. The Bertz CT molecular complexity index is 389. The smallest absolute Gasteiger partial charge is 0.0665 e. The van der Waals surface area contributed by atoms with Gasteiger partial charge in [-0.2, -0.15) is 0 Å². The zero-order valence-corrected chi connectivity index (χ0v) is 10.6. The van der Waals surface area contributed by atoms with E-state index in [-0.39, 0.29) is 6.61 Å². The molecule has 1 aromatic carbocycles. The first-order valence-corrected chi connectivity index (χ1v) is 5.79. The van der Waals surface area contributed by atoms with Crippen LogP contribution in [0.15, 0.2) is 24.3 Å². The van der Waals surface area contributed by atoms with E-state index in [0.717, 1.165) is 12.0 Å². The summed E-state index contributed by atoms with van der Waals surface area (Å²) in [4.78, 5) is 0. The number of hydrogen-bond acceptors (Lipinski definition) is 3. The van der Waals surface area contributed by atoms with Gasteiger partial charge in [0.05, 0.1) is 18.8 Å². The molecule has 3 N–H and O–H groups in total. The lowest BCUT2D eigenvalue weighted by molar-refractivity contribution is 0.0817. The van der Waals surface area contributed by atoms with Crippen molar-refractivity contribution >= 4 is 0 Å². The Hall–Kier alpha value is -0.900. The lowest BCUT2D eigenvalue weighted by Crippen LogP contribution is -2.48. The van der Waals surface area contributed by atoms with Gasteiger partial charge in [0.1, 0.15) is 0 Å². The first kappa shape index (κ1) is 11.2. The van der Waals surface area contributed by atoms with Crippen molar-refractivity contribution in [3.63, 3.8) is 0 Å². The molecule has 17 heavy (non-hydrogen) atoms. The lowest BCUT2D eigenvalue weighted by atomic mass is 9.93. The predicted octanol–water partition coefficient (Wildman–Crippen LogP) is 1.52. The molecule has 3 heteroatoms. The first-order valence-electron chi connectivity index (χ1n) is 6.79. The predicted molar refractivity (Wildman–Crippen MR) is 70.0 cm³/mol. The topological polar surface area (TPSA) is 55.5 Å². The molecule has 0 aromatic heterocycles. The summed E-state index contributed by atoms with van der Waals surface area (Å²) >= 11 is 0. The maximum Gasteiger partial charge on any atom is 0.0665 e. The quantitative estimate of drug-likeness (QED) is 0.758.